The quantitative estimate of drug-likeness (QED) is 0.319. The monoisotopic (exact) mass is 479 g/mol. The normalized spacial score (nSPS) is 17.7. The Hall–Kier alpha value is -3.58. The molecule has 3 aromatic rings. The number of aliphatic hydroxyl groups excluding tert-OH is 1. The molecule has 2 N–H and O–H groups in total. The lowest BCUT2D eigenvalue weighted by Gasteiger charge is -2.25. The molecule has 1 heterocycles. The van der Waals surface area contributed by atoms with E-state index in [1.54, 1.807) is 66.7 Å². The summed E-state index contributed by atoms with van der Waals surface area (Å²) in [6, 6.07) is 19.2. The van der Waals surface area contributed by atoms with Crippen LogP contribution in [0.1, 0.15) is 17.2 Å². The highest BCUT2D eigenvalue weighted by molar-refractivity contribution is 9.10. The molecule has 1 atom stereocenters. The van der Waals surface area contributed by atoms with Gasteiger partial charge in [0.15, 0.2) is 11.5 Å². The molecule has 0 radical (unpaired) electrons. The van der Waals surface area contributed by atoms with Gasteiger partial charge in [0.1, 0.15) is 5.76 Å². The van der Waals surface area contributed by atoms with Crippen LogP contribution in [0.4, 0.5) is 5.69 Å². The summed E-state index contributed by atoms with van der Waals surface area (Å²) in [5, 5.41) is 21.1. The van der Waals surface area contributed by atoms with Crippen molar-refractivity contribution >= 4 is 39.1 Å². The number of anilines is 1. The number of phenols is 1. The van der Waals surface area contributed by atoms with Gasteiger partial charge in [0, 0.05) is 15.7 Å². The van der Waals surface area contributed by atoms with Crippen molar-refractivity contribution in [3.8, 4) is 11.5 Å². The Bertz CT molecular complexity index is 1190. The summed E-state index contributed by atoms with van der Waals surface area (Å²) in [6.07, 6.45) is 0. The van der Waals surface area contributed by atoms with E-state index in [9.17, 15) is 19.8 Å². The molecule has 0 saturated carbocycles. The van der Waals surface area contributed by atoms with E-state index in [1.165, 1.54) is 18.1 Å². The first-order chi connectivity index (χ1) is 14.9. The van der Waals surface area contributed by atoms with Crippen LogP contribution < -0.4 is 9.64 Å². The Labute approximate surface area is 187 Å². The maximum Gasteiger partial charge on any atom is 0.300 e. The minimum absolute atomic E-state index is 0.0380. The lowest BCUT2D eigenvalue weighted by atomic mass is 9.95. The number of para-hydroxylation sites is 1. The predicted octanol–water partition coefficient (Wildman–Crippen LogP) is 4.79. The first-order valence-corrected chi connectivity index (χ1v) is 10.2. The Balaban J connectivity index is 1.96. The van der Waals surface area contributed by atoms with Gasteiger partial charge in [-0.25, -0.2) is 0 Å². The van der Waals surface area contributed by atoms with Crippen molar-refractivity contribution in [2.24, 2.45) is 0 Å². The summed E-state index contributed by atoms with van der Waals surface area (Å²) in [6.45, 7) is 0. The summed E-state index contributed by atoms with van der Waals surface area (Å²) in [5.74, 6) is -1.69. The largest absolute Gasteiger partial charge is 0.507 e. The smallest absolute Gasteiger partial charge is 0.300 e. The Kier molecular flexibility index (Phi) is 5.52. The number of aliphatic hydroxyl groups is 1. The highest BCUT2D eigenvalue weighted by Crippen LogP contribution is 2.43. The Morgan fingerprint density at radius 2 is 1.68 bits per heavy atom. The average Bonchev–Trinajstić information content (AvgIpc) is 3.05. The number of hydrogen-bond acceptors (Lipinski definition) is 5. The molecule has 1 amide bonds. The molecule has 3 aromatic carbocycles. The molecule has 0 aliphatic carbocycles. The van der Waals surface area contributed by atoms with Crippen molar-refractivity contribution in [2.75, 3.05) is 12.0 Å². The van der Waals surface area contributed by atoms with Gasteiger partial charge in [-0.05, 0) is 42.0 Å². The molecule has 7 heteroatoms. The van der Waals surface area contributed by atoms with Crippen LogP contribution in [0.25, 0.3) is 5.76 Å². The molecule has 156 valence electrons. The molecule has 4 rings (SSSR count). The van der Waals surface area contributed by atoms with Gasteiger partial charge in [0.2, 0.25) is 0 Å². The molecular formula is C24H18BrNO5. The number of halogens is 1. The van der Waals surface area contributed by atoms with Crippen LogP contribution in [0, 0.1) is 0 Å². The number of aromatic hydroxyl groups is 1. The molecule has 6 nitrogen and oxygen atoms in total. The van der Waals surface area contributed by atoms with Gasteiger partial charge >= 0.3 is 0 Å². The average molecular weight is 480 g/mol. The lowest BCUT2D eigenvalue weighted by Crippen LogP contribution is -2.29. The minimum atomic E-state index is -0.902. The topological polar surface area (TPSA) is 87.1 Å². The van der Waals surface area contributed by atoms with E-state index in [-0.39, 0.29) is 22.8 Å². The number of ketones is 1. The van der Waals surface area contributed by atoms with Gasteiger partial charge in [-0.1, -0.05) is 52.3 Å². The van der Waals surface area contributed by atoms with Crippen molar-refractivity contribution in [3.63, 3.8) is 0 Å². The molecule has 1 aliphatic rings. The first kappa shape index (κ1) is 20.7. The van der Waals surface area contributed by atoms with Crippen molar-refractivity contribution in [3.05, 3.63) is 94.0 Å². The number of carbonyl (C=O) groups is 2. The van der Waals surface area contributed by atoms with Gasteiger partial charge in [0.05, 0.1) is 18.7 Å². The molecule has 0 spiro atoms. The van der Waals surface area contributed by atoms with E-state index in [0.29, 0.717) is 16.8 Å². The molecule has 1 unspecified atom stereocenters. The number of hydrogen-bond donors (Lipinski definition) is 2. The Morgan fingerprint density at radius 3 is 2.32 bits per heavy atom. The number of carbonyl (C=O) groups excluding carboxylic acids is 2. The van der Waals surface area contributed by atoms with Crippen molar-refractivity contribution in [1.82, 2.24) is 0 Å². The van der Waals surface area contributed by atoms with Crippen LogP contribution in [-0.2, 0) is 9.59 Å². The summed E-state index contributed by atoms with van der Waals surface area (Å²) < 4.78 is 6.02. The highest BCUT2D eigenvalue weighted by Gasteiger charge is 2.47. The number of methoxy groups -OCH3 is 1. The summed E-state index contributed by atoms with van der Waals surface area (Å²) in [5.41, 5.74) is 1.39. The number of rotatable bonds is 4. The first-order valence-electron chi connectivity index (χ1n) is 9.41. The fraction of sp³-hybridized carbons (Fsp3) is 0.0833. The second-order valence-electron chi connectivity index (χ2n) is 6.94. The lowest BCUT2D eigenvalue weighted by molar-refractivity contribution is -0.132. The van der Waals surface area contributed by atoms with Gasteiger partial charge in [-0.15, -0.1) is 0 Å². The van der Waals surface area contributed by atoms with Crippen LogP contribution in [0.3, 0.4) is 0 Å². The third kappa shape index (κ3) is 3.68. The van der Waals surface area contributed by atoms with Crippen molar-refractivity contribution in [2.45, 2.75) is 6.04 Å². The fourth-order valence-electron chi connectivity index (χ4n) is 3.63. The molecule has 1 fully saturated rings. The van der Waals surface area contributed by atoms with E-state index in [2.05, 4.69) is 15.9 Å². The van der Waals surface area contributed by atoms with E-state index < -0.39 is 17.7 Å². The van der Waals surface area contributed by atoms with E-state index in [4.69, 9.17) is 4.74 Å². The molecular weight excluding hydrogens is 462 g/mol. The van der Waals surface area contributed by atoms with Crippen LogP contribution >= 0.6 is 15.9 Å². The fourth-order valence-corrected chi connectivity index (χ4v) is 3.89. The maximum atomic E-state index is 13.1. The van der Waals surface area contributed by atoms with Crippen LogP contribution in [-0.4, -0.2) is 29.0 Å². The zero-order valence-corrected chi connectivity index (χ0v) is 18.0. The number of benzene rings is 3. The van der Waals surface area contributed by atoms with Crippen LogP contribution in [0.15, 0.2) is 82.8 Å². The highest BCUT2D eigenvalue weighted by atomic mass is 79.9. The minimum Gasteiger partial charge on any atom is -0.507 e. The summed E-state index contributed by atoms with van der Waals surface area (Å²) in [4.78, 5) is 27.5. The number of amides is 1. The van der Waals surface area contributed by atoms with Gasteiger partial charge < -0.3 is 14.9 Å². The molecule has 31 heavy (non-hydrogen) atoms. The zero-order valence-electron chi connectivity index (χ0n) is 16.4. The second-order valence-corrected chi connectivity index (χ2v) is 7.86. The van der Waals surface area contributed by atoms with E-state index in [0.717, 1.165) is 4.47 Å². The summed E-state index contributed by atoms with van der Waals surface area (Å²) >= 11 is 3.35. The van der Waals surface area contributed by atoms with Crippen molar-refractivity contribution < 1.29 is 24.5 Å². The number of ether oxygens (including phenoxy) is 1. The third-order valence-corrected chi connectivity index (χ3v) is 5.64. The van der Waals surface area contributed by atoms with Crippen LogP contribution in [0.5, 0.6) is 11.5 Å². The molecule has 1 saturated heterocycles. The maximum absolute atomic E-state index is 13.1. The van der Waals surface area contributed by atoms with E-state index >= 15 is 0 Å². The van der Waals surface area contributed by atoms with E-state index in [1.807, 2.05) is 0 Å². The third-order valence-electron chi connectivity index (χ3n) is 5.12. The molecule has 0 aromatic heterocycles. The standard InChI is InChI=1S/C24H18BrNO5/c1-31-19-13-15(9-12-18(19)27)21-20(22(28)14-7-10-16(25)11-8-14)23(29)24(30)26(21)17-5-3-2-4-6-17/h2-13,21,27-28H,1H3/b22-20+. The van der Waals surface area contributed by atoms with Gasteiger partial charge in [0.25, 0.3) is 11.7 Å². The van der Waals surface area contributed by atoms with Gasteiger partial charge in [-0.2, -0.15) is 0 Å². The van der Waals surface area contributed by atoms with Crippen LogP contribution in [0.2, 0.25) is 0 Å². The predicted molar refractivity (Wildman–Crippen MR) is 120 cm³/mol. The SMILES string of the molecule is COc1cc(C2/C(=C(\O)c3ccc(Br)cc3)C(=O)C(=O)N2c2ccccc2)ccc1O. The second kappa shape index (κ2) is 8.28. The number of phenolic OH excluding ortho intramolecular Hbond substituents is 1. The van der Waals surface area contributed by atoms with Gasteiger partial charge in [-0.3, -0.25) is 14.5 Å². The zero-order chi connectivity index (χ0) is 22.1. The number of Topliss-reactive ketones (excluding diaryl/α,β-unsaturated/α-hetero) is 1. The molecule has 1 aliphatic heterocycles. The number of nitrogens with zero attached hydrogens (tertiary/aromatic N) is 1. The Morgan fingerprint density at radius 1 is 1.00 bits per heavy atom. The molecule has 0 bridgehead atoms. The summed E-state index contributed by atoms with van der Waals surface area (Å²) in [7, 11) is 1.41. The van der Waals surface area contributed by atoms with Crippen molar-refractivity contribution in [1.29, 1.82) is 0 Å².